The van der Waals surface area contributed by atoms with Gasteiger partial charge in [-0.3, -0.25) is 0 Å². The van der Waals surface area contributed by atoms with Crippen molar-refractivity contribution in [2.75, 3.05) is 13.6 Å². The van der Waals surface area contributed by atoms with Crippen molar-refractivity contribution < 1.29 is 0 Å². The molecule has 100 valence electrons. The highest BCUT2D eigenvalue weighted by Gasteiger charge is 2.21. The molecule has 2 N–H and O–H groups in total. The maximum absolute atomic E-state index is 6.34. The van der Waals surface area contributed by atoms with Gasteiger partial charge in [-0.05, 0) is 50.4 Å². The monoisotopic (exact) mass is 246 g/mol. The molecule has 0 spiro atoms. The Morgan fingerprint density at radius 2 is 1.89 bits per heavy atom. The van der Waals surface area contributed by atoms with E-state index in [-0.39, 0.29) is 6.04 Å². The van der Waals surface area contributed by atoms with Crippen LogP contribution in [0.5, 0.6) is 0 Å². The average molecular weight is 246 g/mol. The highest BCUT2D eigenvalue weighted by atomic mass is 15.1. The number of nitrogens with zero attached hydrogens (tertiary/aromatic N) is 1. The van der Waals surface area contributed by atoms with Crippen molar-refractivity contribution in [1.29, 1.82) is 0 Å². The summed E-state index contributed by atoms with van der Waals surface area (Å²) < 4.78 is 0. The molecule has 0 amide bonds. The molecule has 1 aliphatic carbocycles. The zero-order chi connectivity index (χ0) is 13.1. The minimum Gasteiger partial charge on any atom is -0.323 e. The lowest BCUT2D eigenvalue weighted by atomic mass is 10.0. The summed E-state index contributed by atoms with van der Waals surface area (Å²) in [5.41, 5.74) is 10.3. The number of nitrogens with two attached hydrogens (primary N) is 1. The van der Waals surface area contributed by atoms with Crippen LogP contribution in [0.4, 0.5) is 0 Å². The normalized spacial score (nSPS) is 18.5. The lowest BCUT2D eigenvalue weighted by Crippen LogP contribution is -2.35. The smallest absolute Gasteiger partial charge is 0.0424 e. The molecule has 2 rings (SSSR count). The second-order valence-corrected chi connectivity index (χ2v) is 5.83. The molecule has 0 radical (unpaired) electrons. The van der Waals surface area contributed by atoms with Crippen molar-refractivity contribution in [2.45, 2.75) is 51.6 Å². The second-order valence-electron chi connectivity index (χ2n) is 5.83. The van der Waals surface area contributed by atoms with E-state index in [0.29, 0.717) is 0 Å². The largest absolute Gasteiger partial charge is 0.323 e. The third-order valence-corrected chi connectivity index (χ3v) is 4.39. The van der Waals surface area contributed by atoms with Crippen LogP contribution < -0.4 is 5.73 Å². The molecule has 1 atom stereocenters. The van der Waals surface area contributed by atoms with Crippen LogP contribution in [0.2, 0.25) is 0 Å². The summed E-state index contributed by atoms with van der Waals surface area (Å²) >= 11 is 0. The zero-order valence-electron chi connectivity index (χ0n) is 11.9. The van der Waals surface area contributed by atoms with Crippen molar-refractivity contribution in [3.63, 3.8) is 0 Å². The highest BCUT2D eigenvalue weighted by molar-refractivity contribution is 5.31. The highest BCUT2D eigenvalue weighted by Crippen LogP contribution is 2.24. The van der Waals surface area contributed by atoms with Crippen LogP contribution in [-0.2, 0) is 0 Å². The second kappa shape index (κ2) is 5.85. The number of hydrogen-bond donors (Lipinski definition) is 1. The molecule has 1 saturated carbocycles. The van der Waals surface area contributed by atoms with E-state index in [1.165, 1.54) is 42.4 Å². The average Bonchev–Trinajstić information content (AvgIpc) is 2.86. The molecule has 1 fully saturated rings. The molecular formula is C16H26N2. The van der Waals surface area contributed by atoms with Gasteiger partial charge in [-0.25, -0.2) is 0 Å². The number of aryl methyl sites for hydroxylation is 2. The van der Waals surface area contributed by atoms with Crippen LogP contribution in [0.25, 0.3) is 0 Å². The van der Waals surface area contributed by atoms with Gasteiger partial charge in [0.2, 0.25) is 0 Å². The molecule has 1 aliphatic rings. The Morgan fingerprint density at radius 1 is 1.22 bits per heavy atom. The molecule has 0 saturated heterocycles. The van der Waals surface area contributed by atoms with Crippen LogP contribution >= 0.6 is 0 Å². The molecular weight excluding hydrogens is 220 g/mol. The molecule has 2 nitrogen and oxygen atoms in total. The number of likely N-dealkylation sites (N-methyl/N-ethyl adjacent to an activating group) is 1. The first-order chi connectivity index (χ1) is 8.58. The third-order valence-electron chi connectivity index (χ3n) is 4.39. The van der Waals surface area contributed by atoms with E-state index in [2.05, 4.69) is 44.0 Å². The molecule has 0 bridgehead atoms. The summed E-state index contributed by atoms with van der Waals surface area (Å²) in [6.07, 6.45) is 5.45. The fourth-order valence-electron chi connectivity index (χ4n) is 2.91. The summed E-state index contributed by atoms with van der Waals surface area (Å²) in [6.45, 7) is 5.27. The van der Waals surface area contributed by atoms with Gasteiger partial charge in [0.1, 0.15) is 0 Å². The SMILES string of the molecule is Cc1ccc(C(N)CN(C)C2CCCC2)cc1C. The predicted molar refractivity (Wildman–Crippen MR) is 77.7 cm³/mol. The Labute approximate surface area is 111 Å². The predicted octanol–water partition coefficient (Wildman–Crippen LogP) is 3.18. The van der Waals surface area contributed by atoms with E-state index in [4.69, 9.17) is 5.73 Å². The van der Waals surface area contributed by atoms with Gasteiger partial charge >= 0.3 is 0 Å². The molecule has 1 aromatic rings. The minimum absolute atomic E-state index is 0.134. The van der Waals surface area contributed by atoms with E-state index < -0.39 is 0 Å². The maximum Gasteiger partial charge on any atom is 0.0424 e. The van der Waals surface area contributed by atoms with E-state index in [9.17, 15) is 0 Å². The van der Waals surface area contributed by atoms with Gasteiger partial charge in [0.05, 0.1) is 0 Å². The van der Waals surface area contributed by atoms with Crippen LogP contribution in [0.1, 0.15) is 48.4 Å². The first-order valence-electron chi connectivity index (χ1n) is 7.11. The lowest BCUT2D eigenvalue weighted by molar-refractivity contribution is 0.231. The van der Waals surface area contributed by atoms with Gasteiger partial charge in [-0.15, -0.1) is 0 Å². The van der Waals surface area contributed by atoms with Gasteiger partial charge < -0.3 is 10.6 Å². The van der Waals surface area contributed by atoms with Crippen molar-refractivity contribution in [1.82, 2.24) is 4.90 Å². The van der Waals surface area contributed by atoms with Crippen molar-refractivity contribution in [3.05, 3.63) is 34.9 Å². The van der Waals surface area contributed by atoms with E-state index in [1.54, 1.807) is 0 Å². The molecule has 2 heteroatoms. The number of hydrogen-bond acceptors (Lipinski definition) is 2. The van der Waals surface area contributed by atoms with Gasteiger partial charge in [0.25, 0.3) is 0 Å². The fraction of sp³-hybridized carbons (Fsp3) is 0.625. The molecule has 18 heavy (non-hydrogen) atoms. The van der Waals surface area contributed by atoms with Crippen LogP contribution in [-0.4, -0.2) is 24.5 Å². The molecule has 1 aromatic carbocycles. The first kappa shape index (κ1) is 13.6. The number of rotatable bonds is 4. The maximum atomic E-state index is 6.34. The summed E-state index contributed by atoms with van der Waals surface area (Å²) in [6, 6.07) is 7.48. The quantitative estimate of drug-likeness (QED) is 0.884. The summed E-state index contributed by atoms with van der Waals surface area (Å²) in [7, 11) is 2.22. The minimum atomic E-state index is 0.134. The molecule has 1 unspecified atom stereocenters. The van der Waals surface area contributed by atoms with Gasteiger partial charge in [-0.1, -0.05) is 31.0 Å². The Morgan fingerprint density at radius 3 is 2.50 bits per heavy atom. The van der Waals surface area contributed by atoms with Crippen LogP contribution in [0.3, 0.4) is 0 Å². The van der Waals surface area contributed by atoms with Crippen molar-refractivity contribution in [3.8, 4) is 0 Å². The summed E-state index contributed by atoms with van der Waals surface area (Å²) in [5, 5.41) is 0. The van der Waals surface area contributed by atoms with Crippen molar-refractivity contribution >= 4 is 0 Å². The lowest BCUT2D eigenvalue weighted by Gasteiger charge is -2.27. The third kappa shape index (κ3) is 3.12. The number of benzene rings is 1. The summed E-state index contributed by atoms with van der Waals surface area (Å²) in [5.74, 6) is 0. The Balaban J connectivity index is 1.97. The standard InChI is InChI=1S/C16H26N2/c1-12-8-9-14(10-13(12)2)16(17)11-18(3)15-6-4-5-7-15/h8-10,15-16H,4-7,11,17H2,1-3H3. The Bertz CT molecular complexity index is 394. The molecule has 0 heterocycles. The van der Waals surface area contributed by atoms with Gasteiger partial charge in [0.15, 0.2) is 0 Å². The Hall–Kier alpha value is -0.860. The topological polar surface area (TPSA) is 29.3 Å². The summed E-state index contributed by atoms with van der Waals surface area (Å²) in [4.78, 5) is 2.45. The zero-order valence-corrected chi connectivity index (χ0v) is 11.9. The van der Waals surface area contributed by atoms with E-state index in [0.717, 1.165) is 12.6 Å². The van der Waals surface area contributed by atoms with E-state index in [1.807, 2.05) is 0 Å². The van der Waals surface area contributed by atoms with Crippen molar-refractivity contribution in [2.24, 2.45) is 5.73 Å². The first-order valence-corrected chi connectivity index (χ1v) is 7.11. The van der Waals surface area contributed by atoms with Crippen LogP contribution in [0.15, 0.2) is 18.2 Å². The van der Waals surface area contributed by atoms with Gasteiger partial charge in [-0.2, -0.15) is 0 Å². The van der Waals surface area contributed by atoms with Gasteiger partial charge in [0, 0.05) is 18.6 Å². The van der Waals surface area contributed by atoms with Crippen LogP contribution in [0, 0.1) is 13.8 Å². The molecule has 0 aromatic heterocycles. The fourth-order valence-corrected chi connectivity index (χ4v) is 2.91. The van der Waals surface area contributed by atoms with E-state index >= 15 is 0 Å². The Kier molecular flexibility index (Phi) is 4.41. The molecule has 0 aliphatic heterocycles.